The van der Waals surface area contributed by atoms with E-state index in [0.717, 1.165) is 0 Å². The van der Waals surface area contributed by atoms with Gasteiger partial charge in [0.1, 0.15) is 5.82 Å². The molecule has 0 saturated heterocycles. The zero-order valence-corrected chi connectivity index (χ0v) is 6.01. The van der Waals surface area contributed by atoms with Crippen molar-refractivity contribution < 1.29 is 8.78 Å². The van der Waals surface area contributed by atoms with Gasteiger partial charge in [0.25, 0.3) is 0 Å². The fourth-order valence-corrected chi connectivity index (χ4v) is 1.24. The van der Waals surface area contributed by atoms with Crippen molar-refractivity contribution in [3.63, 3.8) is 0 Å². The van der Waals surface area contributed by atoms with Crippen molar-refractivity contribution in [1.82, 2.24) is 14.8 Å². The van der Waals surface area contributed by atoms with E-state index < -0.39 is 5.92 Å². The standard InChI is InChI=1S/C6H7F2N3/c1-4-9-5-6(7,8)2-3-11(5)10-4/h2-3H2,1H3. The van der Waals surface area contributed by atoms with Gasteiger partial charge in [0.2, 0.25) is 0 Å². The van der Waals surface area contributed by atoms with Gasteiger partial charge in [0.15, 0.2) is 5.82 Å². The van der Waals surface area contributed by atoms with E-state index in [1.807, 2.05) is 0 Å². The van der Waals surface area contributed by atoms with Crippen LogP contribution < -0.4 is 0 Å². The molecule has 0 spiro atoms. The van der Waals surface area contributed by atoms with E-state index in [1.165, 1.54) is 4.68 Å². The highest BCUT2D eigenvalue weighted by atomic mass is 19.3. The number of aromatic nitrogens is 3. The summed E-state index contributed by atoms with van der Waals surface area (Å²) in [7, 11) is 0. The van der Waals surface area contributed by atoms with Crippen LogP contribution in [0.25, 0.3) is 0 Å². The summed E-state index contributed by atoms with van der Waals surface area (Å²) in [4.78, 5) is 3.65. The van der Waals surface area contributed by atoms with Crippen LogP contribution in [-0.4, -0.2) is 14.8 Å². The lowest BCUT2D eigenvalue weighted by molar-refractivity contribution is -0.00634. The van der Waals surface area contributed by atoms with Crippen LogP contribution in [-0.2, 0) is 12.5 Å². The molecule has 0 atom stereocenters. The lowest BCUT2D eigenvalue weighted by Crippen LogP contribution is -2.09. The molecule has 1 aromatic rings. The number of halogens is 2. The van der Waals surface area contributed by atoms with Crippen molar-refractivity contribution in [2.24, 2.45) is 0 Å². The van der Waals surface area contributed by atoms with Crippen molar-refractivity contribution in [2.75, 3.05) is 0 Å². The normalized spacial score (nSPS) is 20.3. The molecule has 0 amide bonds. The second-order valence-electron chi connectivity index (χ2n) is 2.66. The molecule has 0 fully saturated rings. The SMILES string of the molecule is Cc1nc2n(n1)CCC2(F)F. The molecule has 0 saturated carbocycles. The van der Waals surface area contributed by atoms with E-state index in [-0.39, 0.29) is 18.8 Å². The van der Waals surface area contributed by atoms with Crippen molar-refractivity contribution in [3.05, 3.63) is 11.6 Å². The average molecular weight is 159 g/mol. The van der Waals surface area contributed by atoms with Gasteiger partial charge in [0, 0.05) is 13.0 Å². The second kappa shape index (κ2) is 1.78. The number of rotatable bonds is 0. The molecular formula is C6H7F2N3. The Morgan fingerprint density at radius 2 is 2.27 bits per heavy atom. The van der Waals surface area contributed by atoms with Gasteiger partial charge in [-0.25, -0.2) is 9.67 Å². The van der Waals surface area contributed by atoms with Gasteiger partial charge >= 0.3 is 5.92 Å². The van der Waals surface area contributed by atoms with Crippen LogP contribution in [0.15, 0.2) is 0 Å². The Bertz CT molecular complexity index is 292. The number of alkyl halides is 2. The minimum absolute atomic E-state index is 0.164. The Balaban J connectivity index is 2.54. The van der Waals surface area contributed by atoms with Crippen LogP contribution in [0.5, 0.6) is 0 Å². The van der Waals surface area contributed by atoms with Gasteiger partial charge in [-0.2, -0.15) is 13.9 Å². The fraction of sp³-hybridized carbons (Fsp3) is 0.667. The highest BCUT2D eigenvalue weighted by Crippen LogP contribution is 2.35. The van der Waals surface area contributed by atoms with Gasteiger partial charge in [-0.05, 0) is 6.92 Å². The Kier molecular flexibility index (Phi) is 1.08. The molecule has 1 aromatic heterocycles. The van der Waals surface area contributed by atoms with E-state index >= 15 is 0 Å². The Labute approximate surface area is 62.0 Å². The topological polar surface area (TPSA) is 30.7 Å². The third kappa shape index (κ3) is 0.834. The van der Waals surface area contributed by atoms with Crippen molar-refractivity contribution in [3.8, 4) is 0 Å². The Hall–Kier alpha value is -1.00. The molecule has 1 aliphatic heterocycles. The number of hydrogen-bond donors (Lipinski definition) is 0. The molecule has 1 aliphatic rings. The van der Waals surface area contributed by atoms with E-state index in [9.17, 15) is 8.78 Å². The van der Waals surface area contributed by atoms with Crippen molar-refractivity contribution >= 4 is 0 Å². The maximum absolute atomic E-state index is 12.8. The molecule has 0 N–H and O–H groups in total. The largest absolute Gasteiger partial charge is 0.308 e. The van der Waals surface area contributed by atoms with Crippen LogP contribution in [0.3, 0.4) is 0 Å². The summed E-state index contributed by atoms with van der Waals surface area (Å²) in [6.45, 7) is 1.89. The molecule has 5 heteroatoms. The molecule has 2 heterocycles. The van der Waals surface area contributed by atoms with Gasteiger partial charge in [-0.15, -0.1) is 0 Å². The summed E-state index contributed by atoms with van der Waals surface area (Å²) in [5.74, 6) is -2.53. The van der Waals surface area contributed by atoms with E-state index in [0.29, 0.717) is 5.82 Å². The third-order valence-electron chi connectivity index (χ3n) is 1.74. The molecule has 60 valence electrons. The Morgan fingerprint density at radius 1 is 1.55 bits per heavy atom. The van der Waals surface area contributed by atoms with Gasteiger partial charge < -0.3 is 0 Å². The summed E-state index contributed by atoms with van der Waals surface area (Å²) in [6, 6.07) is 0. The summed E-state index contributed by atoms with van der Waals surface area (Å²) in [5, 5.41) is 3.81. The molecule has 3 nitrogen and oxygen atoms in total. The molecule has 0 aromatic carbocycles. The Morgan fingerprint density at radius 3 is 2.91 bits per heavy atom. The van der Waals surface area contributed by atoms with Crippen LogP contribution >= 0.6 is 0 Å². The van der Waals surface area contributed by atoms with Crippen LogP contribution in [0.4, 0.5) is 8.78 Å². The smallest absolute Gasteiger partial charge is 0.244 e. The van der Waals surface area contributed by atoms with Crippen molar-refractivity contribution in [2.45, 2.75) is 25.8 Å². The molecule has 0 radical (unpaired) electrons. The first-order chi connectivity index (χ1) is 5.09. The number of nitrogens with zero attached hydrogens (tertiary/aromatic N) is 3. The van der Waals surface area contributed by atoms with Gasteiger partial charge in [0.05, 0.1) is 0 Å². The predicted molar refractivity (Wildman–Crippen MR) is 33.3 cm³/mol. The predicted octanol–water partition coefficient (Wildman–Crippen LogP) is 1.08. The lowest BCUT2D eigenvalue weighted by Gasteiger charge is -2.02. The molecule has 0 aliphatic carbocycles. The molecule has 11 heavy (non-hydrogen) atoms. The van der Waals surface area contributed by atoms with E-state index in [2.05, 4.69) is 10.1 Å². The first kappa shape index (κ1) is 6.69. The maximum Gasteiger partial charge on any atom is 0.308 e. The summed E-state index contributed by atoms with van der Waals surface area (Å²) >= 11 is 0. The summed E-state index contributed by atoms with van der Waals surface area (Å²) in [5.41, 5.74) is 0. The number of hydrogen-bond acceptors (Lipinski definition) is 2. The first-order valence-electron chi connectivity index (χ1n) is 3.39. The van der Waals surface area contributed by atoms with E-state index in [1.54, 1.807) is 6.92 Å². The molecular weight excluding hydrogens is 152 g/mol. The third-order valence-corrected chi connectivity index (χ3v) is 1.74. The monoisotopic (exact) mass is 159 g/mol. The average Bonchev–Trinajstić information content (AvgIpc) is 2.35. The minimum Gasteiger partial charge on any atom is -0.244 e. The molecule has 0 bridgehead atoms. The fourth-order valence-electron chi connectivity index (χ4n) is 1.24. The van der Waals surface area contributed by atoms with Gasteiger partial charge in [-0.3, -0.25) is 0 Å². The zero-order valence-electron chi connectivity index (χ0n) is 6.01. The van der Waals surface area contributed by atoms with Crippen molar-refractivity contribution in [1.29, 1.82) is 0 Å². The lowest BCUT2D eigenvalue weighted by atomic mass is 10.3. The quantitative estimate of drug-likeness (QED) is 0.567. The summed E-state index contributed by atoms with van der Waals surface area (Å²) in [6.07, 6.45) is -0.164. The highest BCUT2D eigenvalue weighted by molar-refractivity contribution is 5.03. The maximum atomic E-state index is 12.8. The minimum atomic E-state index is -2.76. The zero-order chi connectivity index (χ0) is 8.06. The van der Waals surface area contributed by atoms with Crippen LogP contribution in [0.1, 0.15) is 18.1 Å². The molecule has 2 rings (SSSR count). The second-order valence-corrected chi connectivity index (χ2v) is 2.66. The number of fused-ring (bicyclic) bond motifs is 1. The van der Waals surface area contributed by atoms with E-state index in [4.69, 9.17) is 0 Å². The summed E-state index contributed by atoms with van der Waals surface area (Å²) < 4.78 is 26.9. The van der Waals surface area contributed by atoms with Crippen LogP contribution in [0.2, 0.25) is 0 Å². The highest BCUT2D eigenvalue weighted by Gasteiger charge is 2.42. The molecule has 0 unspecified atom stereocenters. The first-order valence-corrected chi connectivity index (χ1v) is 3.39. The van der Waals surface area contributed by atoms with Gasteiger partial charge in [-0.1, -0.05) is 0 Å². The number of aryl methyl sites for hydroxylation is 2. The van der Waals surface area contributed by atoms with Crippen LogP contribution in [0, 0.1) is 6.92 Å².